The summed E-state index contributed by atoms with van der Waals surface area (Å²) < 4.78 is 26.0. The van der Waals surface area contributed by atoms with E-state index in [1.165, 1.54) is 0 Å². The van der Waals surface area contributed by atoms with Crippen LogP contribution in [-0.4, -0.2) is 25.2 Å². The second-order valence-electron chi connectivity index (χ2n) is 4.17. The van der Waals surface area contributed by atoms with Gasteiger partial charge < -0.3 is 5.11 Å². The van der Waals surface area contributed by atoms with Gasteiger partial charge in [0.2, 0.25) is 10.0 Å². The van der Waals surface area contributed by atoms with Crippen molar-refractivity contribution in [3.8, 4) is 0 Å². The van der Waals surface area contributed by atoms with E-state index in [0.29, 0.717) is 5.69 Å². The topological polar surface area (TPSA) is 83.5 Å². The van der Waals surface area contributed by atoms with Gasteiger partial charge in [-0.05, 0) is 37.5 Å². The summed E-state index contributed by atoms with van der Waals surface area (Å²) in [6.07, 6.45) is -0.0385. The van der Waals surface area contributed by atoms with Crippen LogP contribution < -0.4 is 4.72 Å². The van der Waals surface area contributed by atoms with E-state index in [9.17, 15) is 13.2 Å². The first-order valence-corrected chi connectivity index (χ1v) is 7.25. The summed E-state index contributed by atoms with van der Waals surface area (Å²) in [5.41, 5.74) is 2.42. The number of benzene rings is 1. The number of hydrogen-bond acceptors (Lipinski definition) is 3. The third kappa shape index (κ3) is 4.37. The molecule has 2 N–H and O–H groups in total. The van der Waals surface area contributed by atoms with Gasteiger partial charge in [-0.2, -0.15) is 0 Å². The third-order valence-electron chi connectivity index (χ3n) is 2.67. The van der Waals surface area contributed by atoms with Crippen molar-refractivity contribution in [1.82, 2.24) is 0 Å². The zero-order valence-corrected chi connectivity index (χ0v) is 11.3. The molecule has 6 heteroatoms. The van der Waals surface area contributed by atoms with Gasteiger partial charge in [0.1, 0.15) is 0 Å². The molecule has 5 nitrogen and oxygen atoms in total. The molecule has 0 radical (unpaired) electrons. The first-order chi connectivity index (χ1) is 8.32. The molecule has 0 bridgehead atoms. The van der Waals surface area contributed by atoms with Crippen LogP contribution in [0.15, 0.2) is 18.2 Å². The highest BCUT2D eigenvalue weighted by Crippen LogP contribution is 2.19. The fourth-order valence-corrected chi connectivity index (χ4v) is 2.68. The van der Waals surface area contributed by atoms with E-state index in [0.717, 1.165) is 11.1 Å². The summed E-state index contributed by atoms with van der Waals surface area (Å²) in [6.45, 7) is 3.74. The normalized spacial score (nSPS) is 11.2. The summed E-state index contributed by atoms with van der Waals surface area (Å²) in [5, 5.41) is 8.47. The van der Waals surface area contributed by atoms with Crippen LogP contribution in [-0.2, 0) is 14.8 Å². The summed E-state index contributed by atoms with van der Waals surface area (Å²) in [4.78, 5) is 10.3. The lowest BCUT2D eigenvalue weighted by molar-refractivity contribution is -0.137. The van der Waals surface area contributed by atoms with Gasteiger partial charge in [0.25, 0.3) is 0 Å². The first kappa shape index (κ1) is 14.5. The van der Waals surface area contributed by atoms with Crippen molar-refractivity contribution in [3.63, 3.8) is 0 Å². The molecule has 1 rings (SSSR count). The van der Waals surface area contributed by atoms with Gasteiger partial charge >= 0.3 is 5.97 Å². The van der Waals surface area contributed by atoms with Gasteiger partial charge in [-0.3, -0.25) is 9.52 Å². The highest BCUT2D eigenvalue weighted by atomic mass is 32.2. The van der Waals surface area contributed by atoms with E-state index in [-0.39, 0.29) is 18.6 Å². The Kier molecular flexibility index (Phi) is 4.72. The Hall–Kier alpha value is -1.56. The van der Waals surface area contributed by atoms with E-state index in [2.05, 4.69) is 4.72 Å². The maximum atomic E-state index is 11.7. The van der Waals surface area contributed by atoms with Crippen LogP contribution in [0.4, 0.5) is 5.69 Å². The summed E-state index contributed by atoms with van der Waals surface area (Å²) >= 11 is 0. The predicted molar refractivity (Wildman–Crippen MR) is 70.2 cm³/mol. The van der Waals surface area contributed by atoms with E-state index in [4.69, 9.17) is 5.11 Å². The molecule has 0 saturated carbocycles. The number of carbonyl (C=O) groups is 1. The number of aliphatic carboxylic acids is 1. The Balaban J connectivity index is 2.71. The summed E-state index contributed by atoms with van der Waals surface area (Å²) in [7, 11) is -3.48. The Morgan fingerprint density at radius 3 is 2.61 bits per heavy atom. The standard InChI is InChI=1S/C12H17NO4S/c1-9-5-3-6-11(10(9)2)13-18(16,17)8-4-7-12(14)15/h3,5-6,13H,4,7-8H2,1-2H3,(H,14,15). The molecule has 1 aromatic rings. The summed E-state index contributed by atoms with van der Waals surface area (Å²) in [5.74, 6) is -1.18. The quantitative estimate of drug-likeness (QED) is 0.827. The first-order valence-electron chi connectivity index (χ1n) is 5.60. The molecule has 0 unspecified atom stereocenters. The van der Waals surface area contributed by atoms with Crippen LogP contribution in [0.2, 0.25) is 0 Å². The average Bonchev–Trinajstić information content (AvgIpc) is 2.23. The maximum Gasteiger partial charge on any atom is 0.303 e. The largest absolute Gasteiger partial charge is 0.481 e. The molecule has 0 aliphatic heterocycles. The van der Waals surface area contributed by atoms with E-state index in [1.807, 2.05) is 19.9 Å². The van der Waals surface area contributed by atoms with E-state index >= 15 is 0 Å². The number of aryl methyl sites for hydroxylation is 1. The van der Waals surface area contributed by atoms with Crippen LogP contribution in [0.3, 0.4) is 0 Å². The number of carboxylic acid groups (broad SMARTS) is 1. The second kappa shape index (κ2) is 5.86. The second-order valence-corrected chi connectivity index (χ2v) is 6.01. The highest BCUT2D eigenvalue weighted by Gasteiger charge is 2.13. The fourth-order valence-electron chi connectivity index (χ4n) is 1.49. The van der Waals surface area contributed by atoms with Crippen molar-refractivity contribution >= 4 is 21.7 Å². The number of anilines is 1. The number of carboxylic acids is 1. The molecule has 0 atom stereocenters. The smallest absolute Gasteiger partial charge is 0.303 e. The number of rotatable bonds is 6. The van der Waals surface area contributed by atoms with Crippen LogP contribution in [0.25, 0.3) is 0 Å². The van der Waals surface area contributed by atoms with Crippen LogP contribution in [0.1, 0.15) is 24.0 Å². The predicted octanol–water partition coefficient (Wildman–Crippen LogP) is 1.91. The van der Waals surface area contributed by atoms with E-state index < -0.39 is 16.0 Å². The van der Waals surface area contributed by atoms with Crippen LogP contribution in [0, 0.1) is 13.8 Å². The monoisotopic (exact) mass is 271 g/mol. The molecule has 0 spiro atoms. The molecule has 18 heavy (non-hydrogen) atoms. The molecule has 0 aromatic heterocycles. The third-order valence-corrected chi connectivity index (χ3v) is 4.03. The number of sulfonamides is 1. The van der Waals surface area contributed by atoms with Crippen molar-refractivity contribution in [2.45, 2.75) is 26.7 Å². The molecule has 0 aliphatic rings. The van der Waals surface area contributed by atoms with Crippen LogP contribution >= 0.6 is 0 Å². The Morgan fingerprint density at radius 2 is 2.00 bits per heavy atom. The van der Waals surface area contributed by atoms with Gasteiger partial charge in [0.05, 0.1) is 11.4 Å². The molecular formula is C12H17NO4S. The van der Waals surface area contributed by atoms with Crippen molar-refractivity contribution in [1.29, 1.82) is 0 Å². The lowest BCUT2D eigenvalue weighted by Gasteiger charge is -2.11. The molecule has 0 amide bonds. The molecule has 100 valence electrons. The fraction of sp³-hybridized carbons (Fsp3) is 0.417. The molecule has 0 heterocycles. The van der Waals surface area contributed by atoms with Crippen molar-refractivity contribution in [3.05, 3.63) is 29.3 Å². The molecule has 0 aliphatic carbocycles. The number of hydrogen-bond donors (Lipinski definition) is 2. The highest BCUT2D eigenvalue weighted by molar-refractivity contribution is 7.92. The lowest BCUT2D eigenvalue weighted by Crippen LogP contribution is -2.18. The minimum Gasteiger partial charge on any atom is -0.481 e. The number of nitrogens with one attached hydrogen (secondary N) is 1. The zero-order chi connectivity index (χ0) is 13.8. The Morgan fingerprint density at radius 1 is 1.33 bits per heavy atom. The van der Waals surface area contributed by atoms with Gasteiger partial charge in [-0.15, -0.1) is 0 Å². The van der Waals surface area contributed by atoms with Gasteiger partial charge in [-0.25, -0.2) is 8.42 Å². The minimum atomic E-state index is -3.48. The maximum absolute atomic E-state index is 11.7. The summed E-state index contributed by atoms with van der Waals surface area (Å²) in [6, 6.07) is 5.37. The average molecular weight is 271 g/mol. The lowest BCUT2D eigenvalue weighted by atomic mass is 10.1. The molecule has 0 saturated heterocycles. The van der Waals surface area contributed by atoms with Crippen LogP contribution in [0.5, 0.6) is 0 Å². The molecule has 1 aromatic carbocycles. The van der Waals surface area contributed by atoms with Crippen molar-refractivity contribution in [2.24, 2.45) is 0 Å². The van der Waals surface area contributed by atoms with Crippen molar-refractivity contribution < 1.29 is 18.3 Å². The van der Waals surface area contributed by atoms with Gasteiger partial charge in [0, 0.05) is 6.42 Å². The zero-order valence-electron chi connectivity index (χ0n) is 10.4. The SMILES string of the molecule is Cc1cccc(NS(=O)(=O)CCCC(=O)O)c1C. The Labute approximate surface area is 107 Å². The van der Waals surface area contributed by atoms with E-state index in [1.54, 1.807) is 12.1 Å². The minimum absolute atomic E-state index is 0.107. The Bertz CT molecular complexity index is 537. The van der Waals surface area contributed by atoms with Gasteiger partial charge in [0.15, 0.2) is 0 Å². The van der Waals surface area contributed by atoms with Crippen molar-refractivity contribution in [2.75, 3.05) is 10.5 Å². The van der Waals surface area contributed by atoms with Gasteiger partial charge in [-0.1, -0.05) is 12.1 Å². The molecular weight excluding hydrogens is 254 g/mol. The molecule has 0 fully saturated rings.